The molecule has 1 amide bonds. The van der Waals surface area contributed by atoms with E-state index in [1.54, 1.807) is 48.5 Å². The summed E-state index contributed by atoms with van der Waals surface area (Å²) in [5, 5.41) is 3.55. The Morgan fingerprint density at radius 3 is 2.43 bits per heavy atom. The van der Waals surface area contributed by atoms with Crippen LogP contribution in [0.15, 0.2) is 66.7 Å². The Labute approximate surface area is 173 Å². The number of ketones is 1. The van der Waals surface area contributed by atoms with Gasteiger partial charge >= 0.3 is 0 Å². The quantitative estimate of drug-likeness (QED) is 0.518. The van der Waals surface area contributed by atoms with E-state index in [0.29, 0.717) is 27.6 Å². The Morgan fingerprint density at radius 1 is 0.964 bits per heavy atom. The number of Topliss-reactive ketones (excluding diaryl/α,β-unsaturated/α-hetero) is 1. The molecule has 6 heteroatoms. The summed E-state index contributed by atoms with van der Waals surface area (Å²) in [6.07, 6.45) is 0. The highest BCUT2D eigenvalue weighted by molar-refractivity contribution is 6.36. The van der Waals surface area contributed by atoms with Crippen LogP contribution in [0.1, 0.15) is 26.3 Å². The van der Waals surface area contributed by atoms with E-state index in [9.17, 15) is 9.59 Å². The van der Waals surface area contributed by atoms with Crippen LogP contribution in [0, 0.1) is 6.92 Å². The summed E-state index contributed by atoms with van der Waals surface area (Å²) in [6, 6.07) is 18.8. The van der Waals surface area contributed by atoms with Crippen molar-refractivity contribution in [3.8, 4) is 5.75 Å². The molecule has 0 unspecified atom stereocenters. The predicted molar refractivity (Wildman–Crippen MR) is 112 cm³/mol. The van der Waals surface area contributed by atoms with Gasteiger partial charge in [-0.1, -0.05) is 47.0 Å². The van der Waals surface area contributed by atoms with Crippen LogP contribution in [-0.2, 0) is 0 Å². The maximum absolute atomic E-state index is 12.3. The molecule has 0 aliphatic carbocycles. The Bertz CT molecular complexity index is 1020. The van der Waals surface area contributed by atoms with Gasteiger partial charge in [-0.25, -0.2) is 0 Å². The number of rotatable bonds is 6. The standard InChI is InChI=1S/C22H17Cl2NO3/c1-14-5-7-15(8-6-14)22(27)25-17-3-2-4-18(12-17)28-13-21(26)19-10-9-16(23)11-20(19)24/h2-12H,13H2,1H3,(H,25,27). The fraction of sp³-hybridized carbons (Fsp3) is 0.0909. The second-order valence-corrected chi connectivity index (χ2v) is 7.03. The molecular formula is C22H17Cl2NO3. The van der Waals surface area contributed by atoms with Gasteiger partial charge < -0.3 is 10.1 Å². The number of hydrogen-bond acceptors (Lipinski definition) is 3. The fourth-order valence-corrected chi connectivity index (χ4v) is 3.03. The van der Waals surface area contributed by atoms with Gasteiger partial charge in [-0.05, 0) is 49.4 Å². The molecule has 0 spiro atoms. The number of anilines is 1. The molecule has 0 aliphatic heterocycles. The molecule has 4 nitrogen and oxygen atoms in total. The molecule has 0 bridgehead atoms. The first-order chi connectivity index (χ1) is 13.4. The van der Waals surface area contributed by atoms with Crippen LogP contribution in [0.2, 0.25) is 10.0 Å². The Balaban J connectivity index is 1.63. The van der Waals surface area contributed by atoms with Crippen LogP contribution in [0.4, 0.5) is 5.69 Å². The highest BCUT2D eigenvalue weighted by atomic mass is 35.5. The topological polar surface area (TPSA) is 55.4 Å². The minimum atomic E-state index is -0.268. The molecule has 0 atom stereocenters. The average molecular weight is 414 g/mol. The number of hydrogen-bond donors (Lipinski definition) is 1. The van der Waals surface area contributed by atoms with Crippen molar-refractivity contribution in [2.75, 3.05) is 11.9 Å². The minimum Gasteiger partial charge on any atom is -0.485 e. The molecule has 0 aromatic heterocycles. The van der Waals surface area contributed by atoms with Crippen molar-refractivity contribution in [1.29, 1.82) is 0 Å². The second-order valence-electron chi connectivity index (χ2n) is 6.18. The van der Waals surface area contributed by atoms with Crippen molar-refractivity contribution in [1.82, 2.24) is 0 Å². The maximum atomic E-state index is 12.3. The zero-order valence-corrected chi connectivity index (χ0v) is 16.6. The lowest BCUT2D eigenvalue weighted by Crippen LogP contribution is -2.13. The summed E-state index contributed by atoms with van der Waals surface area (Å²) < 4.78 is 5.56. The van der Waals surface area contributed by atoms with Gasteiger partial charge in [-0.15, -0.1) is 0 Å². The smallest absolute Gasteiger partial charge is 0.255 e. The molecule has 0 fully saturated rings. The van der Waals surface area contributed by atoms with Gasteiger partial charge in [-0.3, -0.25) is 9.59 Å². The summed E-state index contributed by atoms with van der Waals surface area (Å²) in [5.74, 6) is -0.0305. The normalized spacial score (nSPS) is 10.4. The fourth-order valence-electron chi connectivity index (χ4n) is 2.51. The number of amides is 1. The summed E-state index contributed by atoms with van der Waals surface area (Å²) in [6.45, 7) is 1.78. The average Bonchev–Trinajstić information content (AvgIpc) is 2.67. The monoisotopic (exact) mass is 413 g/mol. The van der Waals surface area contributed by atoms with Crippen LogP contribution < -0.4 is 10.1 Å². The lowest BCUT2D eigenvalue weighted by molar-refractivity contribution is 0.0921. The van der Waals surface area contributed by atoms with Crippen molar-refractivity contribution in [2.45, 2.75) is 6.92 Å². The summed E-state index contributed by atoms with van der Waals surface area (Å²) in [7, 11) is 0. The molecule has 0 heterocycles. The molecule has 28 heavy (non-hydrogen) atoms. The molecule has 3 aromatic carbocycles. The number of ether oxygens (including phenoxy) is 1. The summed E-state index contributed by atoms with van der Waals surface area (Å²) in [4.78, 5) is 24.6. The van der Waals surface area contributed by atoms with Gasteiger partial charge in [-0.2, -0.15) is 0 Å². The first-order valence-electron chi connectivity index (χ1n) is 8.51. The second kappa shape index (κ2) is 8.91. The van der Waals surface area contributed by atoms with Crippen molar-refractivity contribution in [3.05, 3.63) is 93.5 Å². The van der Waals surface area contributed by atoms with E-state index in [1.165, 1.54) is 6.07 Å². The largest absolute Gasteiger partial charge is 0.485 e. The van der Waals surface area contributed by atoms with Gasteiger partial charge in [0.1, 0.15) is 5.75 Å². The summed E-state index contributed by atoms with van der Waals surface area (Å²) in [5.41, 5.74) is 2.55. The number of nitrogens with one attached hydrogen (secondary N) is 1. The van der Waals surface area contributed by atoms with E-state index in [-0.39, 0.29) is 23.3 Å². The van der Waals surface area contributed by atoms with Crippen LogP contribution in [0.5, 0.6) is 5.75 Å². The number of carbonyl (C=O) groups excluding carboxylic acids is 2. The van der Waals surface area contributed by atoms with Crippen LogP contribution >= 0.6 is 23.2 Å². The lowest BCUT2D eigenvalue weighted by atomic mass is 10.1. The maximum Gasteiger partial charge on any atom is 0.255 e. The first kappa shape index (κ1) is 19.9. The molecule has 0 saturated carbocycles. The molecule has 3 rings (SSSR count). The van der Waals surface area contributed by atoms with E-state index >= 15 is 0 Å². The SMILES string of the molecule is Cc1ccc(C(=O)Nc2cccc(OCC(=O)c3ccc(Cl)cc3Cl)c2)cc1. The first-order valence-corrected chi connectivity index (χ1v) is 9.27. The zero-order valence-electron chi connectivity index (χ0n) is 15.0. The van der Waals surface area contributed by atoms with Crippen molar-refractivity contribution >= 4 is 40.6 Å². The number of aryl methyl sites for hydroxylation is 1. The van der Waals surface area contributed by atoms with E-state index in [4.69, 9.17) is 27.9 Å². The lowest BCUT2D eigenvalue weighted by Gasteiger charge is -2.10. The number of halogens is 2. The highest BCUT2D eigenvalue weighted by Crippen LogP contribution is 2.23. The molecule has 0 radical (unpaired) electrons. The van der Waals surface area contributed by atoms with Crippen LogP contribution in [0.25, 0.3) is 0 Å². The molecular weight excluding hydrogens is 397 g/mol. The third kappa shape index (κ3) is 5.12. The summed E-state index contributed by atoms with van der Waals surface area (Å²) >= 11 is 11.9. The van der Waals surface area contributed by atoms with E-state index in [1.807, 2.05) is 19.1 Å². The minimum absolute atomic E-state index is 0.184. The van der Waals surface area contributed by atoms with Crippen LogP contribution in [-0.4, -0.2) is 18.3 Å². The Hall–Kier alpha value is -2.82. The van der Waals surface area contributed by atoms with Gasteiger partial charge in [0.2, 0.25) is 5.78 Å². The molecule has 142 valence electrons. The van der Waals surface area contributed by atoms with Crippen molar-refractivity contribution in [3.63, 3.8) is 0 Å². The molecule has 0 aliphatic rings. The van der Waals surface area contributed by atoms with Crippen molar-refractivity contribution < 1.29 is 14.3 Å². The zero-order chi connectivity index (χ0) is 20.1. The highest BCUT2D eigenvalue weighted by Gasteiger charge is 2.12. The Morgan fingerprint density at radius 2 is 1.71 bits per heavy atom. The van der Waals surface area contributed by atoms with E-state index in [0.717, 1.165) is 5.56 Å². The third-order valence-corrected chi connectivity index (χ3v) is 4.55. The van der Waals surface area contributed by atoms with Crippen LogP contribution in [0.3, 0.4) is 0 Å². The van der Waals surface area contributed by atoms with Gasteiger partial charge in [0.05, 0.1) is 5.02 Å². The number of benzene rings is 3. The molecule has 3 aromatic rings. The predicted octanol–water partition coefficient (Wildman–Crippen LogP) is 5.82. The van der Waals surface area contributed by atoms with E-state index < -0.39 is 0 Å². The van der Waals surface area contributed by atoms with Gasteiger partial charge in [0.15, 0.2) is 6.61 Å². The van der Waals surface area contributed by atoms with Gasteiger partial charge in [0.25, 0.3) is 5.91 Å². The van der Waals surface area contributed by atoms with E-state index in [2.05, 4.69) is 5.32 Å². The molecule has 1 N–H and O–H groups in total. The third-order valence-electron chi connectivity index (χ3n) is 4.01. The van der Waals surface area contributed by atoms with Gasteiger partial charge in [0, 0.05) is 27.9 Å². The number of carbonyl (C=O) groups is 2. The molecule has 0 saturated heterocycles. The Kier molecular flexibility index (Phi) is 6.34. The van der Waals surface area contributed by atoms with Crippen molar-refractivity contribution in [2.24, 2.45) is 0 Å².